The zero-order valence-corrected chi connectivity index (χ0v) is 10.6. The van der Waals surface area contributed by atoms with Gasteiger partial charge in [-0.25, -0.2) is 0 Å². The van der Waals surface area contributed by atoms with Crippen molar-refractivity contribution in [3.63, 3.8) is 0 Å². The van der Waals surface area contributed by atoms with Gasteiger partial charge >= 0.3 is 0 Å². The van der Waals surface area contributed by atoms with Crippen LogP contribution in [0.5, 0.6) is 0 Å². The predicted molar refractivity (Wildman–Crippen MR) is 62.0 cm³/mol. The third-order valence-corrected chi connectivity index (χ3v) is 4.01. The molecular weight excluding hydrogens is 204 g/mol. The van der Waals surface area contributed by atoms with E-state index in [9.17, 15) is 5.11 Å². The molecule has 1 heterocycles. The highest BCUT2D eigenvalue weighted by Gasteiger charge is 2.48. The van der Waals surface area contributed by atoms with Gasteiger partial charge in [-0.15, -0.1) is 0 Å². The summed E-state index contributed by atoms with van der Waals surface area (Å²) in [5.41, 5.74) is 0. The SMILES string of the molecule is CC(C)[C@H]1CC[C@@H](C)CC12OCC(O)CO2. The quantitative estimate of drug-likeness (QED) is 0.747. The predicted octanol–water partition coefficient (Wildman–Crippen LogP) is 2.18. The van der Waals surface area contributed by atoms with Gasteiger partial charge in [-0.05, 0) is 18.3 Å². The molecule has 2 atom stereocenters. The number of hydrogen-bond acceptors (Lipinski definition) is 3. The van der Waals surface area contributed by atoms with E-state index in [-0.39, 0.29) is 0 Å². The fraction of sp³-hybridized carbons (Fsp3) is 1.00. The molecule has 1 aliphatic heterocycles. The van der Waals surface area contributed by atoms with E-state index in [4.69, 9.17) is 9.47 Å². The average molecular weight is 228 g/mol. The summed E-state index contributed by atoms with van der Waals surface area (Å²) in [7, 11) is 0. The molecule has 1 N–H and O–H groups in total. The molecule has 3 nitrogen and oxygen atoms in total. The Morgan fingerprint density at radius 1 is 1.19 bits per heavy atom. The molecule has 3 heteroatoms. The van der Waals surface area contributed by atoms with Crippen molar-refractivity contribution in [2.24, 2.45) is 17.8 Å². The van der Waals surface area contributed by atoms with Gasteiger partial charge in [0.1, 0.15) is 6.10 Å². The molecule has 0 bridgehead atoms. The van der Waals surface area contributed by atoms with Crippen molar-refractivity contribution in [2.45, 2.75) is 51.9 Å². The van der Waals surface area contributed by atoms with E-state index < -0.39 is 11.9 Å². The van der Waals surface area contributed by atoms with Crippen LogP contribution in [0.15, 0.2) is 0 Å². The van der Waals surface area contributed by atoms with Crippen molar-refractivity contribution in [1.82, 2.24) is 0 Å². The first kappa shape index (κ1) is 12.3. The van der Waals surface area contributed by atoms with E-state index in [0.717, 1.165) is 6.42 Å². The highest BCUT2D eigenvalue weighted by Crippen LogP contribution is 2.45. The molecule has 0 aromatic heterocycles. The van der Waals surface area contributed by atoms with Gasteiger partial charge < -0.3 is 14.6 Å². The third kappa shape index (κ3) is 2.27. The summed E-state index contributed by atoms with van der Waals surface area (Å²) in [4.78, 5) is 0. The number of aliphatic hydroxyl groups is 1. The van der Waals surface area contributed by atoms with Crippen LogP contribution in [-0.4, -0.2) is 30.2 Å². The maximum atomic E-state index is 9.46. The van der Waals surface area contributed by atoms with Crippen LogP contribution < -0.4 is 0 Å². The lowest BCUT2D eigenvalue weighted by atomic mass is 9.72. The largest absolute Gasteiger partial charge is 0.388 e. The summed E-state index contributed by atoms with van der Waals surface area (Å²) < 4.78 is 11.8. The van der Waals surface area contributed by atoms with Gasteiger partial charge in [-0.2, -0.15) is 0 Å². The Bertz CT molecular complexity index is 231. The molecule has 94 valence electrons. The van der Waals surface area contributed by atoms with Gasteiger partial charge in [-0.3, -0.25) is 0 Å². The smallest absolute Gasteiger partial charge is 0.171 e. The maximum Gasteiger partial charge on any atom is 0.171 e. The molecule has 0 radical (unpaired) electrons. The van der Waals surface area contributed by atoms with E-state index in [2.05, 4.69) is 20.8 Å². The molecule has 1 saturated carbocycles. The highest BCUT2D eigenvalue weighted by molar-refractivity contribution is 4.90. The molecule has 1 aliphatic carbocycles. The maximum absolute atomic E-state index is 9.46. The van der Waals surface area contributed by atoms with Crippen LogP contribution in [0.25, 0.3) is 0 Å². The van der Waals surface area contributed by atoms with Gasteiger partial charge in [0, 0.05) is 12.3 Å². The lowest BCUT2D eigenvalue weighted by Gasteiger charge is -2.50. The van der Waals surface area contributed by atoms with E-state index in [1.165, 1.54) is 12.8 Å². The lowest BCUT2D eigenvalue weighted by Crippen LogP contribution is -2.55. The molecule has 2 rings (SSSR count). The summed E-state index contributed by atoms with van der Waals surface area (Å²) in [5.74, 6) is 1.29. The van der Waals surface area contributed by atoms with Crippen molar-refractivity contribution < 1.29 is 14.6 Å². The first-order valence-corrected chi connectivity index (χ1v) is 6.49. The van der Waals surface area contributed by atoms with Crippen molar-refractivity contribution in [2.75, 3.05) is 13.2 Å². The number of hydrogen-bond donors (Lipinski definition) is 1. The molecule has 0 unspecified atom stereocenters. The minimum Gasteiger partial charge on any atom is -0.388 e. The molecule has 1 spiro atoms. The molecule has 2 fully saturated rings. The van der Waals surface area contributed by atoms with Gasteiger partial charge in [0.15, 0.2) is 5.79 Å². The minimum absolute atomic E-state index is 0.412. The van der Waals surface area contributed by atoms with E-state index >= 15 is 0 Å². The molecule has 0 amide bonds. The van der Waals surface area contributed by atoms with Crippen LogP contribution >= 0.6 is 0 Å². The fourth-order valence-corrected chi connectivity index (χ4v) is 3.16. The van der Waals surface area contributed by atoms with Crippen molar-refractivity contribution >= 4 is 0 Å². The van der Waals surface area contributed by atoms with E-state index in [0.29, 0.717) is 31.0 Å². The van der Waals surface area contributed by atoms with Gasteiger partial charge in [-0.1, -0.05) is 27.2 Å². The van der Waals surface area contributed by atoms with Crippen LogP contribution in [0.2, 0.25) is 0 Å². The summed E-state index contributed by atoms with van der Waals surface area (Å²) in [5, 5.41) is 9.46. The normalized spacial score (nSPS) is 45.2. The first-order valence-electron chi connectivity index (χ1n) is 6.49. The minimum atomic E-state index is -0.448. The van der Waals surface area contributed by atoms with Crippen LogP contribution in [0.4, 0.5) is 0 Å². The Morgan fingerprint density at radius 3 is 2.38 bits per heavy atom. The van der Waals surface area contributed by atoms with Crippen LogP contribution in [-0.2, 0) is 9.47 Å². The fourth-order valence-electron chi connectivity index (χ4n) is 3.16. The molecule has 0 aromatic carbocycles. The molecule has 1 saturated heterocycles. The van der Waals surface area contributed by atoms with Gasteiger partial charge in [0.2, 0.25) is 0 Å². The van der Waals surface area contributed by atoms with Gasteiger partial charge in [0.25, 0.3) is 0 Å². The second-order valence-electron chi connectivity index (χ2n) is 5.82. The second-order valence-corrected chi connectivity index (χ2v) is 5.82. The number of ether oxygens (including phenoxy) is 2. The Balaban J connectivity index is 2.12. The zero-order valence-electron chi connectivity index (χ0n) is 10.6. The van der Waals surface area contributed by atoms with Crippen molar-refractivity contribution in [1.29, 1.82) is 0 Å². The Kier molecular flexibility index (Phi) is 3.57. The zero-order chi connectivity index (χ0) is 11.8. The summed E-state index contributed by atoms with van der Waals surface area (Å²) >= 11 is 0. The molecule has 0 aromatic rings. The number of aliphatic hydroxyl groups excluding tert-OH is 1. The summed E-state index contributed by atoms with van der Waals surface area (Å²) in [6.45, 7) is 7.59. The molecule has 16 heavy (non-hydrogen) atoms. The topological polar surface area (TPSA) is 38.7 Å². The Morgan fingerprint density at radius 2 is 1.81 bits per heavy atom. The van der Waals surface area contributed by atoms with Gasteiger partial charge in [0.05, 0.1) is 13.2 Å². The lowest BCUT2D eigenvalue weighted by molar-refractivity contribution is -0.336. The molecular formula is C13H24O3. The number of rotatable bonds is 1. The Hall–Kier alpha value is -0.120. The molecule has 2 aliphatic rings. The average Bonchev–Trinajstić information content (AvgIpc) is 2.22. The van der Waals surface area contributed by atoms with Crippen LogP contribution in [0.1, 0.15) is 40.0 Å². The van der Waals surface area contributed by atoms with E-state index in [1.807, 2.05) is 0 Å². The first-order chi connectivity index (χ1) is 7.53. The Labute approximate surface area is 98.1 Å². The standard InChI is InChI=1S/C13H24O3/c1-9(2)12-5-4-10(3)6-13(12)15-7-11(14)8-16-13/h9-12,14H,4-8H2,1-3H3/t10-,11?,12-,13?/m1/s1. The highest BCUT2D eigenvalue weighted by atomic mass is 16.7. The second kappa shape index (κ2) is 4.63. The van der Waals surface area contributed by atoms with Crippen LogP contribution in [0.3, 0.4) is 0 Å². The monoisotopic (exact) mass is 228 g/mol. The summed E-state index contributed by atoms with van der Waals surface area (Å²) in [6.07, 6.45) is 2.97. The third-order valence-electron chi connectivity index (χ3n) is 4.01. The van der Waals surface area contributed by atoms with Crippen molar-refractivity contribution in [3.8, 4) is 0 Å². The summed E-state index contributed by atoms with van der Waals surface area (Å²) in [6, 6.07) is 0. The van der Waals surface area contributed by atoms with E-state index in [1.54, 1.807) is 0 Å². The van der Waals surface area contributed by atoms with Crippen LogP contribution in [0, 0.1) is 17.8 Å². The van der Waals surface area contributed by atoms with Crippen molar-refractivity contribution in [3.05, 3.63) is 0 Å².